The van der Waals surface area contributed by atoms with Gasteiger partial charge in [-0.2, -0.15) is 0 Å². The molecule has 0 saturated heterocycles. The molecular weight excluding hydrogens is 390 g/mol. The molecule has 4 rings (SSSR count). The molecule has 0 aliphatic carbocycles. The summed E-state index contributed by atoms with van der Waals surface area (Å²) in [7, 11) is 3.59. The Labute approximate surface area is 173 Å². The van der Waals surface area contributed by atoms with Crippen molar-refractivity contribution < 1.29 is 9.47 Å². The summed E-state index contributed by atoms with van der Waals surface area (Å²) in [6, 6.07) is 15.0. The Morgan fingerprint density at radius 2 is 1.97 bits per heavy atom. The highest BCUT2D eigenvalue weighted by molar-refractivity contribution is 6.32. The summed E-state index contributed by atoms with van der Waals surface area (Å²) in [6.45, 7) is 1.44. The normalized spacial score (nSPS) is 13.2. The first-order valence-electron chi connectivity index (χ1n) is 9.29. The molecule has 0 amide bonds. The summed E-state index contributed by atoms with van der Waals surface area (Å²) < 4.78 is 12.7. The Hall–Kier alpha value is -2.96. The maximum Gasteiger partial charge on any atom is 0.281 e. The fraction of sp³-hybridized carbons (Fsp3) is 0.227. The number of likely N-dealkylation sites (N-methyl/N-ethyl adjacent to an activating group) is 1. The van der Waals surface area contributed by atoms with E-state index in [0.29, 0.717) is 35.7 Å². The van der Waals surface area contributed by atoms with Crippen LogP contribution in [0.5, 0.6) is 5.75 Å². The van der Waals surface area contributed by atoms with Crippen molar-refractivity contribution >= 4 is 23.4 Å². The van der Waals surface area contributed by atoms with Crippen LogP contribution < -0.4 is 20.9 Å². The van der Waals surface area contributed by atoms with Crippen LogP contribution in [0.25, 0.3) is 17.5 Å². The van der Waals surface area contributed by atoms with Gasteiger partial charge in [0.1, 0.15) is 5.75 Å². The first-order valence-corrected chi connectivity index (χ1v) is 9.67. The van der Waals surface area contributed by atoms with Crippen LogP contribution >= 0.6 is 11.6 Å². The predicted molar refractivity (Wildman–Crippen MR) is 114 cm³/mol. The molecule has 0 spiro atoms. The van der Waals surface area contributed by atoms with E-state index >= 15 is 0 Å². The first-order chi connectivity index (χ1) is 14.1. The van der Waals surface area contributed by atoms with Crippen LogP contribution in [-0.4, -0.2) is 42.0 Å². The fourth-order valence-electron chi connectivity index (χ4n) is 3.42. The van der Waals surface area contributed by atoms with Gasteiger partial charge in [-0.25, -0.2) is 4.68 Å². The monoisotopic (exact) mass is 411 g/mol. The number of hydrogen-bond donors (Lipinski definition) is 1. The molecule has 7 heteroatoms. The molecule has 1 aliphatic rings. The number of rotatable bonds is 6. The Balaban J connectivity index is 1.67. The lowest BCUT2D eigenvalue weighted by molar-refractivity contribution is 0.143. The minimum Gasteiger partial charge on any atom is -0.497 e. The number of benzene rings is 2. The number of aromatic nitrogens is 2. The van der Waals surface area contributed by atoms with Crippen LogP contribution in [0.4, 0.5) is 0 Å². The molecular formula is C22H22ClN3O3. The lowest BCUT2D eigenvalue weighted by Crippen LogP contribution is -2.45. The molecule has 0 unspecified atom stereocenters. The van der Waals surface area contributed by atoms with Gasteiger partial charge < -0.3 is 14.4 Å². The topological polar surface area (TPSA) is 59.5 Å². The van der Waals surface area contributed by atoms with E-state index in [4.69, 9.17) is 21.1 Å². The van der Waals surface area contributed by atoms with Gasteiger partial charge in [-0.05, 0) is 35.9 Å². The zero-order valence-electron chi connectivity index (χ0n) is 16.3. The van der Waals surface area contributed by atoms with Gasteiger partial charge in [0.15, 0.2) is 0 Å². The van der Waals surface area contributed by atoms with Crippen LogP contribution in [-0.2, 0) is 11.3 Å². The Bertz CT molecular complexity index is 1210. The van der Waals surface area contributed by atoms with Crippen molar-refractivity contribution in [3.8, 4) is 11.4 Å². The van der Waals surface area contributed by atoms with Crippen LogP contribution in [0.3, 0.4) is 0 Å². The Morgan fingerprint density at radius 3 is 2.76 bits per heavy atom. The third-order valence-electron chi connectivity index (χ3n) is 4.97. The SMILES string of the molecule is COc1cccc(COCC2=c3c([nH]n(-c4ccccc4Cl)c3=O)=CCN2C)c1. The lowest BCUT2D eigenvalue weighted by atomic mass is 10.2. The zero-order chi connectivity index (χ0) is 20.4. The van der Waals surface area contributed by atoms with Gasteiger partial charge in [0.05, 0.1) is 47.3 Å². The van der Waals surface area contributed by atoms with Crippen LogP contribution in [0, 0.1) is 0 Å². The van der Waals surface area contributed by atoms with E-state index in [9.17, 15) is 4.79 Å². The second kappa shape index (κ2) is 8.19. The molecule has 0 saturated carbocycles. The number of hydrogen-bond acceptors (Lipinski definition) is 4. The number of nitrogens with zero attached hydrogens (tertiary/aromatic N) is 2. The van der Waals surface area contributed by atoms with E-state index in [1.54, 1.807) is 13.2 Å². The molecule has 2 aromatic carbocycles. The Morgan fingerprint density at radius 1 is 1.14 bits per heavy atom. The summed E-state index contributed by atoms with van der Waals surface area (Å²) in [5.41, 5.74) is 2.34. The number of halogens is 1. The maximum atomic E-state index is 13.2. The molecule has 6 nitrogen and oxygen atoms in total. The largest absolute Gasteiger partial charge is 0.497 e. The number of nitrogens with one attached hydrogen (secondary N) is 1. The summed E-state index contributed by atoms with van der Waals surface area (Å²) in [6.07, 6.45) is 2.00. The van der Waals surface area contributed by atoms with E-state index < -0.39 is 0 Å². The standard InChI is InChI=1S/C22H22ClN3O3/c1-25-11-10-18-21(22(27)26(24-18)19-9-4-3-8-17(19)23)20(25)14-29-13-15-6-5-7-16(12-15)28-2/h3-10,12,24H,11,13-14H2,1-2H3. The quantitative estimate of drug-likeness (QED) is 0.673. The van der Waals surface area contributed by atoms with E-state index in [0.717, 1.165) is 22.4 Å². The van der Waals surface area contributed by atoms with E-state index in [-0.39, 0.29) is 5.56 Å². The van der Waals surface area contributed by atoms with Crippen molar-refractivity contribution in [1.82, 2.24) is 14.7 Å². The number of fused-ring (bicyclic) bond motifs is 1. The van der Waals surface area contributed by atoms with Gasteiger partial charge >= 0.3 is 0 Å². The van der Waals surface area contributed by atoms with Gasteiger partial charge in [0, 0.05) is 13.6 Å². The second-order valence-corrected chi connectivity index (χ2v) is 7.28. The summed E-state index contributed by atoms with van der Waals surface area (Å²) in [5.74, 6) is 0.790. The molecule has 3 aromatic rings. The average molecular weight is 412 g/mol. The van der Waals surface area contributed by atoms with Crippen LogP contribution in [0.1, 0.15) is 5.56 Å². The van der Waals surface area contributed by atoms with Crippen molar-refractivity contribution in [1.29, 1.82) is 0 Å². The Kier molecular flexibility index (Phi) is 5.47. The summed E-state index contributed by atoms with van der Waals surface area (Å²) >= 11 is 6.29. The van der Waals surface area contributed by atoms with E-state index in [2.05, 4.69) is 5.10 Å². The molecule has 2 heterocycles. The molecule has 0 fully saturated rings. The molecule has 150 valence electrons. The van der Waals surface area contributed by atoms with Gasteiger partial charge in [-0.3, -0.25) is 9.89 Å². The van der Waals surface area contributed by atoms with Crippen LogP contribution in [0.15, 0.2) is 53.3 Å². The third kappa shape index (κ3) is 3.81. The molecule has 1 N–H and O–H groups in total. The summed E-state index contributed by atoms with van der Waals surface area (Å²) in [4.78, 5) is 15.2. The molecule has 1 aromatic heterocycles. The molecule has 0 bridgehead atoms. The number of para-hydroxylation sites is 1. The van der Waals surface area contributed by atoms with E-state index in [1.165, 1.54) is 4.68 Å². The fourth-order valence-corrected chi connectivity index (χ4v) is 3.64. The highest BCUT2D eigenvalue weighted by Crippen LogP contribution is 2.17. The van der Waals surface area contributed by atoms with Gasteiger partial charge in [-0.1, -0.05) is 35.9 Å². The lowest BCUT2D eigenvalue weighted by Gasteiger charge is -2.22. The van der Waals surface area contributed by atoms with Gasteiger partial charge in [0.25, 0.3) is 5.56 Å². The number of methoxy groups -OCH3 is 1. The number of aromatic amines is 1. The van der Waals surface area contributed by atoms with Gasteiger partial charge in [0.2, 0.25) is 0 Å². The van der Waals surface area contributed by atoms with E-state index in [1.807, 2.05) is 60.5 Å². The average Bonchev–Trinajstić information content (AvgIpc) is 3.07. The van der Waals surface area contributed by atoms with Crippen LogP contribution in [0.2, 0.25) is 5.02 Å². The molecule has 0 radical (unpaired) electrons. The summed E-state index contributed by atoms with van der Waals surface area (Å²) in [5, 5.41) is 5.09. The third-order valence-corrected chi connectivity index (χ3v) is 5.29. The van der Waals surface area contributed by atoms with Crippen molar-refractivity contribution in [3.05, 3.63) is 80.0 Å². The van der Waals surface area contributed by atoms with Crippen molar-refractivity contribution in [3.63, 3.8) is 0 Å². The molecule has 1 aliphatic heterocycles. The molecule has 0 atom stereocenters. The maximum absolute atomic E-state index is 13.2. The van der Waals surface area contributed by atoms with Crippen molar-refractivity contribution in [2.24, 2.45) is 0 Å². The highest BCUT2D eigenvalue weighted by Gasteiger charge is 2.17. The smallest absolute Gasteiger partial charge is 0.281 e. The van der Waals surface area contributed by atoms with Gasteiger partial charge in [-0.15, -0.1) is 0 Å². The van der Waals surface area contributed by atoms with Crippen molar-refractivity contribution in [2.75, 3.05) is 27.3 Å². The zero-order valence-corrected chi connectivity index (χ0v) is 17.1. The van der Waals surface area contributed by atoms with Crippen molar-refractivity contribution in [2.45, 2.75) is 6.61 Å². The second-order valence-electron chi connectivity index (χ2n) is 6.87. The minimum absolute atomic E-state index is 0.143. The first kappa shape index (κ1) is 19.4. The highest BCUT2D eigenvalue weighted by atomic mass is 35.5. The molecule has 29 heavy (non-hydrogen) atoms. The predicted octanol–water partition coefficient (Wildman–Crippen LogP) is 1.88. The number of H-pyrrole nitrogens is 1. The minimum atomic E-state index is -0.143. The number of ether oxygens (including phenoxy) is 2.